The van der Waals surface area contributed by atoms with Gasteiger partial charge in [0.15, 0.2) is 0 Å². The molecule has 0 aliphatic rings. The van der Waals surface area contributed by atoms with E-state index in [1.165, 1.54) is 0 Å². The highest BCUT2D eigenvalue weighted by Crippen LogP contribution is 2.35. The van der Waals surface area contributed by atoms with Crippen molar-refractivity contribution < 1.29 is 4.42 Å². The van der Waals surface area contributed by atoms with Crippen molar-refractivity contribution in [1.82, 2.24) is 4.98 Å². The van der Waals surface area contributed by atoms with Crippen molar-refractivity contribution in [3.63, 3.8) is 0 Å². The van der Waals surface area contributed by atoms with Crippen LogP contribution in [0.15, 0.2) is 89.5 Å². The molecule has 0 unspecified atom stereocenters. The summed E-state index contributed by atoms with van der Waals surface area (Å²) in [7, 11) is 6.18. The van der Waals surface area contributed by atoms with Crippen LogP contribution in [-0.2, 0) is 5.31 Å². The Morgan fingerprint density at radius 2 is 1.48 bits per heavy atom. The zero-order valence-corrected chi connectivity index (χ0v) is 16.5. The number of furan rings is 1. The Labute approximate surface area is 171 Å². The van der Waals surface area contributed by atoms with Crippen molar-refractivity contribution >= 4 is 29.8 Å². The van der Waals surface area contributed by atoms with E-state index >= 15 is 0 Å². The number of pyridine rings is 1. The Balaban J connectivity index is 1.54. The summed E-state index contributed by atoms with van der Waals surface area (Å²) in [6.07, 6.45) is 1.92. The van der Waals surface area contributed by atoms with E-state index in [0.717, 1.165) is 49.9 Å². The fourth-order valence-corrected chi connectivity index (χ4v) is 3.77. The molecule has 0 N–H and O–H groups in total. The molecule has 3 heteroatoms. The molecular weight excluding hydrogens is 353 g/mol. The van der Waals surface area contributed by atoms with Crippen LogP contribution in [0, 0.1) is 0 Å². The topological polar surface area (TPSA) is 26.0 Å². The average Bonchev–Trinajstić information content (AvgIpc) is 3.12. The summed E-state index contributed by atoms with van der Waals surface area (Å²) in [6, 6.07) is 26.9. The Morgan fingerprint density at radius 1 is 0.759 bits per heavy atom. The molecule has 2 aromatic heterocycles. The standard InChI is InChI=1S/C26H20BNO/c1-26(2,27)19-13-10-17(11-14-19)18-12-15-23(28-16-18)22-8-5-7-21-20-6-3-4-9-24(20)29-25(21)22/h3-16H,1-2H3. The third-order valence-electron chi connectivity index (χ3n) is 5.41. The van der Waals surface area contributed by atoms with Crippen molar-refractivity contribution in [3.8, 4) is 22.4 Å². The number of para-hydroxylation sites is 2. The minimum atomic E-state index is -0.341. The van der Waals surface area contributed by atoms with Crippen LogP contribution in [0.1, 0.15) is 19.4 Å². The van der Waals surface area contributed by atoms with E-state index in [1.54, 1.807) is 0 Å². The number of aromatic nitrogens is 1. The first-order chi connectivity index (χ1) is 14.0. The molecule has 0 saturated heterocycles. The van der Waals surface area contributed by atoms with E-state index in [9.17, 15) is 0 Å². The summed E-state index contributed by atoms with van der Waals surface area (Å²) in [5, 5.41) is 1.90. The molecule has 0 amide bonds. The van der Waals surface area contributed by atoms with Gasteiger partial charge in [-0.3, -0.25) is 4.98 Å². The van der Waals surface area contributed by atoms with Crippen LogP contribution in [-0.4, -0.2) is 12.8 Å². The van der Waals surface area contributed by atoms with Crippen LogP contribution in [0.25, 0.3) is 44.3 Å². The van der Waals surface area contributed by atoms with E-state index in [0.29, 0.717) is 0 Å². The first-order valence-corrected chi connectivity index (χ1v) is 9.77. The predicted molar refractivity (Wildman–Crippen MR) is 121 cm³/mol. The molecule has 0 spiro atoms. The van der Waals surface area contributed by atoms with Crippen LogP contribution in [0.5, 0.6) is 0 Å². The second-order valence-corrected chi connectivity index (χ2v) is 8.01. The molecule has 0 aliphatic carbocycles. The monoisotopic (exact) mass is 373 g/mol. The van der Waals surface area contributed by atoms with Crippen molar-refractivity contribution in [3.05, 3.63) is 90.6 Å². The van der Waals surface area contributed by atoms with Crippen LogP contribution in [0.4, 0.5) is 0 Å². The summed E-state index contributed by atoms with van der Waals surface area (Å²) in [4.78, 5) is 4.73. The molecule has 29 heavy (non-hydrogen) atoms. The second kappa shape index (κ2) is 6.63. The molecule has 5 aromatic rings. The lowest BCUT2D eigenvalue weighted by atomic mass is 9.67. The van der Waals surface area contributed by atoms with E-state index in [-0.39, 0.29) is 5.31 Å². The maximum atomic E-state index is 6.18. The maximum absolute atomic E-state index is 6.18. The molecule has 5 rings (SSSR count). The Bertz CT molecular complexity index is 1310. The first kappa shape index (κ1) is 17.8. The molecule has 0 saturated carbocycles. The largest absolute Gasteiger partial charge is 0.455 e. The van der Waals surface area contributed by atoms with Crippen LogP contribution >= 0.6 is 0 Å². The van der Waals surface area contributed by atoms with Gasteiger partial charge < -0.3 is 4.42 Å². The summed E-state index contributed by atoms with van der Waals surface area (Å²) in [5.74, 6) is 0. The van der Waals surface area contributed by atoms with E-state index in [2.05, 4.69) is 60.7 Å². The maximum Gasteiger partial charge on any atom is 0.144 e. The van der Waals surface area contributed by atoms with E-state index in [1.807, 2.05) is 38.2 Å². The molecule has 0 aliphatic heterocycles. The normalized spacial score (nSPS) is 11.9. The predicted octanol–water partition coefficient (Wildman–Crippen LogP) is 6.72. The Hall–Kier alpha value is -3.33. The fourth-order valence-electron chi connectivity index (χ4n) is 3.77. The SMILES string of the molecule is [B]C(C)(C)c1ccc(-c2ccc(-c3cccc4c3oc3ccccc34)nc2)cc1. The minimum absolute atomic E-state index is 0.341. The van der Waals surface area contributed by atoms with Gasteiger partial charge in [-0.15, -0.1) is 0 Å². The van der Waals surface area contributed by atoms with E-state index in [4.69, 9.17) is 17.2 Å². The molecule has 2 radical (unpaired) electrons. The molecule has 138 valence electrons. The number of rotatable bonds is 3. The van der Waals surface area contributed by atoms with Gasteiger partial charge in [-0.25, -0.2) is 0 Å². The lowest BCUT2D eigenvalue weighted by molar-refractivity contribution is 0.670. The van der Waals surface area contributed by atoms with Gasteiger partial charge in [0.1, 0.15) is 11.2 Å². The number of fused-ring (bicyclic) bond motifs is 3. The molecular formula is C26H20BNO. The second-order valence-electron chi connectivity index (χ2n) is 8.01. The molecule has 2 nitrogen and oxygen atoms in total. The lowest BCUT2D eigenvalue weighted by Crippen LogP contribution is -2.16. The third-order valence-corrected chi connectivity index (χ3v) is 5.41. The zero-order chi connectivity index (χ0) is 20.0. The number of hydrogen-bond donors (Lipinski definition) is 0. The average molecular weight is 373 g/mol. The summed E-state index contributed by atoms with van der Waals surface area (Å²) in [5.41, 5.74) is 7.00. The number of benzene rings is 3. The molecule has 3 aromatic carbocycles. The smallest absolute Gasteiger partial charge is 0.144 e. The highest BCUT2D eigenvalue weighted by atomic mass is 16.3. The summed E-state index contributed by atoms with van der Waals surface area (Å²) >= 11 is 0. The Morgan fingerprint density at radius 3 is 2.21 bits per heavy atom. The van der Waals surface area contributed by atoms with Gasteiger partial charge in [0.2, 0.25) is 0 Å². The number of nitrogens with zero attached hydrogens (tertiary/aromatic N) is 1. The van der Waals surface area contributed by atoms with Gasteiger partial charge in [-0.05, 0) is 29.1 Å². The number of hydrogen-bond acceptors (Lipinski definition) is 2. The molecule has 0 atom stereocenters. The first-order valence-electron chi connectivity index (χ1n) is 9.77. The van der Waals surface area contributed by atoms with E-state index < -0.39 is 0 Å². The van der Waals surface area contributed by atoms with Crippen LogP contribution in [0.2, 0.25) is 0 Å². The third kappa shape index (κ3) is 3.13. The summed E-state index contributed by atoms with van der Waals surface area (Å²) < 4.78 is 6.15. The fraction of sp³-hybridized carbons (Fsp3) is 0.115. The highest BCUT2D eigenvalue weighted by Gasteiger charge is 2.14. The lowest BCUT2D eigenvalue weighted by Gasteiger charge is -2.19. The van der Waals surface area contributed by atoms with Crippen molar-refractivity contribution in [1.29, 1.82) is 0 Å². The van der Waals surface area contributed by atoms with Crippen LogP contribution < -0.4 is 0 Å². The quantitative estimate of drug-likeness (QED) is 0.328. The minimum Gasteiger partial charge on any atom is -0.455 e. The molecule has 2 heterocycles. The zero-order valence-electron chi connectivity index (χ0n) is 16.5. The van der Waals surface area contributed by atoms with Crippen molar-refractivity contribution in [2.75, 3.05) is 0 Å². The Kier molecular flexibility index (Phi) is 4.06. The van der Waals surface area contributed by atoms with Gasteiger partial charge in [0.05, 0.1) is 13.5 Å². The van der Waals surface area contributed by atoms with Gasteiger partial charge >= 0.3 is 0 Å². The van der Waals surface area contributed by atoms with Gasteiger partial charge in [0.25, 0.3) is 0 Å². The molecule has 0 bridgehead atoms. The van der Waals surface area contributed by atoms with Gasteiger partial charge in [0, 0.05) is 28.1 Å². The van der Waals surface area contributed by atoms with Gasteiger partial charge in [-0.2, -0.15) is 0 Å². The summed E-state index contributed by atoms with van der Waals surface area (Å²) in [6.45, 7) is 4.02. The molecule has 0 fully saturated rings. The van der Waals surface area contributed by atoms with Crippen LogP contribution in [0.3, 0.4) is 0 Å². The van der Waals surface area contributed by atoms with Crippen molar-refractivity contribution in [2.24, 2.45) is 0 Å². The van der Waals surface area contributed by atoms with Gasteiger partial charge in [-0.1, -0.05) is 80.1 Å². The highest BCUT2D eigenvalue weighted by molar-refractivity contribution is 6.15. The van der Waals surface area contributed by atoms with Crippen molar-refractivity contribution in [2.45, 2.75) is 19.2 Å².